The molecule has 6 heteroatoms. The molecule has 0 saturated heterocycles. The molecule has 0 aliphatic carbocycles. The summed E-state index contributed by atoms with van der Waals surface area (Å²) in [6, 6.07) is 10.1. The number of hydrogen-bond donors (Lipinski definition) is 1. The zero-order valence-corrected chi connectivity index (χ0v) is 12.4. The summed E-state index contributed by atoms with van der Waals surface area (Å²) in [4.78, 5) is 0. The van der Waals surface area contributed by atoms with Gasteiger partial charge in [0.1, 0.15) is 5.82 Å². The van der Waals surface area contributed by atoms with Crippen LogP contribution in [-0.2, 0) is 19.3 Å². The topological polar surface area (TPSA) is 12.0 Å². The van der Waals surface area contributed by atoms with Crippen LogP contribution in [-0.4, -0.2) is 0 Å². The number of alkyl halides is 3. The molecule has 0 bridgehead atoms. The number of hydrogen-bond acceptors (Lipinski definition) is 1. The smallest absolute Gasteiger partial charge is 0.309 e. The minimum atomic E-state index is -4.56. The first kappa shape index (κ1) is 16.0. The number of halogens is 5. The maximum absolute atomic E-state index is 13.0. The van der Waals surface area contributed by atoms with Gasteiger partial charge >= 0.3 is 6.18 Å². The molecule has 0 spiro atoms. The van der Waals surface area contributed by atoms with Gasteiger partial charge in [0.25, 0.3) is 0 Å². The van der Waals surface area contributed by atoms with Crippen molar-refractivity contribution < 1.29 is 17.6 Å². The Kier molecular flexibility index (Phi) is 5.00. The van der Waals surface area contributed by atoms with E-state index in [0.717, 1.165) is 22.2 Å². The van der Waals surface area contributed by atoms with Crippen LogP contribution in [0.15, 0.2) is 46.9 Å². The molecule has 2 rings (SSSR count). The summed E-state index contributed by atoms with van der Waals surface area (Å²) in [7, 11) is 0. The van der Waals surface area contributed by atoms with Crippen LogP contribution in [0.25, 0.3) is 0 Å². The second kappa shape index (κ2) is 6.58. The summed E-state index contributed by atoms with van der Waals surface area (Å²) in [6.07, 6.45) is -4.56. The van der Waals surface area contributed by atoms with Crippen molar-refractivity contribution in [2.24, 2.45) is 0 Å². The minimum Gasteiger partial charge on any atom is -0.309 e. The van der Waals surface area contributed by atoms with Crippen LogP contribution in [0.2, 0.25) is 0 Å². The van der Waals surface area contributed by atoms with E-state index in [1.807, 2.05) is 24.3 Å². The second-order valence-electron chi connectivity index (χ2n) is 4.49. The maximum atomic E-state index is 13.0. The fourth-order valence-corrected chi connectivity index (χ4v) is 2.37. The Balaban J connectivity index is 2.09. The van der Waals surface area contributed by atoms with Gasteiger partial charge in [0.2, 0.25) is 0 Å². The first-order valence-corrected chi connectivity index (χ1v) is 6.97. The summed E-state index contributed by atoms with van der Waals surface area (Å²) >= 11 is 3.37. The van der Waals surface area contributed by atoms with Crippen molar-refractivity contribution in [1.82, 2.24) is 5.32 Å². The molecule has 0 aromatic heterocycles. The van der Waals surface area contributed by atoms with Gasteiger partial charge in [0, 0.05) is 17.6 Å². The van der Waals surface area contributed by atoms with E-state index in [1.54, 1.807) is 0 Å². The van der Waals surface area contributed by atoms with E-state index in [9.17, 15) is 17.6 Å². The molecule has 1 nitrogen and oxygen atoms in total. The molecule has 0 aliphatic heterocycles. The van der Waals surface area contributed by atoms with Crippen LogP contribution >= 0.6 is 15.9 Å². The van der Waals surface area contributed by atoms with E-state index >= 15 is 0 Å². The van der Waals surface area contributed by atoms with Crippen molar-refractivity contribution in [1.29, 1.82) is 0 Å². The molecule has 0 aliphatic rings. The number of benzene rings is 2. The molecule has 0 unspecified atom stereocenters. The monoisotopic (exact) mass is 361 g/mol. The van der Waals surface area contributed by atoms with Gasteiger partial charge in [-0.05, 0) is 29.3 Å². The van der Waals surface area contributed by atoms with E-state index in [2.05, 4.69) is 21.2 Å². The van der Waals surface area contributed by atoms with Gasteiger partial charge in [0.15, 0.2) is 0 Å². The second-order valence-corrected chi connectivity index (χ2v) is 5.35. The fourth-order valence-electron chi connectivity index (χ4n) is 1.94. The number of rotatable bonds is 4. The maximum Gasteiger partial charge on any atom is 0.416 e. The third-order valence-corrected chi connectivity index (χ3v) is 3.74. The molecule has 0 radical (unpaired) electrons. The molecule has 0 fully saturated rings. The first-order valence-electron chi connectivity index (χ1n) is 6.17. The van der Waals surface area contributed by atoms with Gasteiger partial charge in [-0.15, -0.1) is 0 Å². The Bertz CT molecular complexity index is 625. The van der Waals surface area contributed by atoms with Crippen molar-refractivity contribution in [3.63, 3.8) is 0 Å². The van der Waals surface area contributed by atoms with E-state index in [-0.39, 0.29) is 12.1 Å². The van der Waals surface area contributed by atoms with Crippen molar-refractivity contribution in [2.75, 3.05) is 0 Å². The Hall–Kier alpha value is -1.40. The lowest BCUT2D eigenvalue weighted by Gasteiger charge is -2.14. The van der Waals surface area contributed by atoms with Crippen molar-refractivity contribution in [2.45, 2.75) is 19.3 Å². The normalized spacial score (nSPS) is 11.7. The molecular formula is C15H12BrF4N. The molecular weight excluding hydrogens is 350 g/mol. The minimum absolute atomic E-state index is 0.0104. The molecule has 0 saturated carbocycles. The highest BCUT2D eigenvalue weighted by Crippen LogP contribution is 2.32. The molecule has 21 heavy (non-hydrogen) atoms. The highest BCUT2D eigenvalue weighted by Gasteiger charge is 2.33. The lowest BCUT2D eigenvalue weighted by Crippen LogP contribution is -2.17. The van der Waals surface area contributed by atoms with Gasteiger partial charge in [-0.3, -0.25) is 0 Å². The summed E-state index contributed by atoms with van der Waals surface area (Å²) in [5.41, 5.74) is 0.0197. The van der Waals surface area contributed by atoms with Gasteiger partial charge in [-0.1, -0.05) is 40.2 Å². The lowest BCUT2D eigenvalue weighted by atomic mass is 10.1. The average molecular weight is 362 g/mol. The summed E-state index contributed by atoms with van der Waals surface area (Å²) in [6.45, 7) is 0.423. The molecule has 0 atom stereocenters. The van der Waals surface area contributed by atoms with Gasteiger partial charge in [0.05, 0.1) is 5.56 Å². The van der Waals surface area contributed by atoms with E-state index in [4.69, 9.17) is 0 Å². The van der Waals surface area contributed by atoms with Gasteiger partial charge in [-0.2, -0.15) is 13.2 Å². The highest BCUT2D eigenvalue weighted by molar-refractivity contribution is 9.10. The SMILES string of the molecule is Fc1ccc(CNCc2ccccc2Br)c(C(F)(F)F)c1. The number of nitrogens with one attached hydrogen (secondary N) is 1. The van der Waals surface area contributed by atoms with Crippen LogP contribution in [0.3, 0.4) is 0 Å². The largest absolute Gasteiger partial charge is 0.416 e. The molecule has 1 N–H and O–H groups in total. The van der Waals surface area contributed by atoms with Gasteiger partial charge in [-0.25, -0.2) is 4.39 Å². The van der Waals surface area contributed by atoms with E-state index < -0.39 is 17.6 Å². The molecule has 2 aromatic rings. The van der Waals surface area contributed by atoms with Crippen molar-refractivity contribution in [3.05, 3.63) is 69.4 Å². The average Bonchev–Trinajstić information content (AvgIpc) is 2.41. The highest BCUT2D eigenvalue weighted by atomic mass is 79.9. The third-order valence-electron chi connectivity index (χ3n) is 2.97. The zero-order valence-electron chi connectivity index (χ0n) is 10.8. The quantitative estimate of drug-likeness (QED) is 0.764. The molecule has 112 valence electrons. The third kappa shape index (κ3) is 4.28. The summed E-state index contributed by atoms with van der Waals surface area (Å²) in [5, 5.41) is 2.94. The van der Waals surface area contributed by atoms with Crippen LogP contribution in [0, 0.1) is 5.82 Å². The van der Waals surface area contributed by atoms with E-state index in [0.29, 0.717) is 12.6 Å². The Morgan fingerprint density at radius 2 is 1.62 bits per heavy atom. The van der Waals surface area contributed by atoms with Crippen LogP contribution in [0.4, 0.5) is 17.6 Å². The Morgan fingerprint density at radius 3 is 2.29 bits per heavy atom. The fraction of sp³-hybridized carbons (Fsp3) is 0.200. The molecule has 2 aromatic carbocycles. The zero-order chi connectivity index (χ0) is 15.5. The Labute approximate surface area is 128 Å². The predicted molar refractivity (Wildman–Crippen MR) is 76.1 cm³/mol. The first-order chi connectivity index (χ1) is 9.88. The van der Waals surface area contributed by atoms with Crippen molar-refractivity contribution in [3.8, 4) is 0 Å². The standard InChI is InChI=1S/C15H12BrF4N/c16-14-4-2-1-3-11(14)9-21-8-10-5-6-12(17)7-13(10)15(18,19)20/h1-7,21H,8-9H2. The van der Waals surface area contributed by atoms with Crippen LogP contribution < -0.4 is 5.32 Å². The Morgan fingerprint density at radius 1 is 0.952 bits per heavy atom. The molecule has 0 heterocycles. The lowest BCUT2D eigenvalue weighted by molar-refractivity contribution is -0.138. The van der Waals surface area contributed by atoms with E-state index in [1.165, 1.54) is 0 Å². The summed E-state index contributed by atoms with van der Waals surface area (Å²) in [5.74, 6) is -0.892. The van der Waals surface area contributed by atoms with Crippen molar-refractivity contribution >= 4 is 15.9 Å². The summed E-state index contributed by atoms with van der Waals surface area (Å²) < 4.78 is 52.4. The van der Waals surface area contributed by atoms with Gasteiger partial charge < -0.3 is 5.32 Å². The predicted octanol–water partition coefficient (Wildman–Crippen LogP) is 4.90. The molecule has 0 amide bonds. The van der Waals surface area contributed by atoms with Crippen LogP contribution in [0.1, 0.15) is 16.7 Å². The van der Waals surface area contributed by atoms with Crippen LogP contribution in [0.5, 0.6) is 0 Å².